The zero-order valence-corrected chi connectivity index (χ0v) is 12.0. The minimum absolute atomic E-state index is 0.435. The van der Waals surface area contributed by atoms with Gasteiger partial charge in [-0.25, -0.2) is 0 Å². The molecule has 94 valence electrons. The van der Waals surface area contributed by atoms with Gasteiger partial charge in [0, 0.05) is 17.3 Å². The molecule has 0 amide bonds. The number of rotatable bonds is 7. The number of para-hydroxylation sites is 1. The van der Waals surface area contributed by atoms with Crippen molar-refractivity contribution in [1.29, 1.82) is 0 Å². The van der Waals surface area contributed by atoms with Gasteiger partial charge in [-0.15, -0.1) is 0 Å². The highest BCUT2D eigenvalue weighted by atomic mass is 32.2. The van der Waals surface area contributed by atoms with Gasteiger partial charge in [-0.3, -0.25) is 0 Å². The molecule has 3 N–H and O–H groups in total. The van der Waals surface area contributed by atoms with Crippen molar-refractivity contribution in [2.24, 2.45) is 5.73 Å². The molecule has 0 saturated carbocycles. The molecule has 17 heavy (non-hydrogen) atoms. The Morgan fingerprint density at radius 2 is 2.18 bits per heavy atom. The number of anilines is 1. The molecule has 1 aromatic carbocycles. The minimum Gasteiger partial charge on any atom is -0.389 e. The van der Waals surface area contributed by atoms with Gasteiger partial charge >= 0.3 is 0 Å². The highest BCUT2D eigenvalue weighted by Gasteiger charge is 2.07. The van der Waals surface area contributed by atoms with E-state index in [9.17, 15) is 0 Å². The summed E-state index contributed by atoms with van der Waals surface area (Å²) in [6.45, 7) is 4.37. The summed E-state index contributed by atoms with van der Waals surface area (Å²) in [7, 11) is 0. The van der Waals surface area contributed by atoms with Crippen LogP contribution in [0.5, 0.6) is 0 Å². The third-order valence-electron chi connectivity index (χ3n) is 2.49. The number of thioether (sulfide) groups is 1. The molecule has 0 heterocycles. The van der Waals surface area contributed by atoms with Crippen molar-refractivity contribution in [3.05, 3.63) is 29.8 Å². The van der Waals surface area contributed by atoms with Crippen LogP contribution in [-0.2, 0) is 0 Å². The van der Waals surface area contributed by atoms with E-state index in [0.717, 1.165) is 17.7 Å². The third kappa shape index (κ3) is 4.96. The maximum Gasteiger partial charge on any atom is 0.106 e. The van der Waals surface area contributed by atoms with Gasteiger partial charge in [0.25, 0.3) is 0 Å². The zero-order chi connectivity index (χ0) is 12.7. The number of nitrogens with one attached hydrogen (secondary N) is 1. The second-order valence-electron chi connectivity index (χ2n) is 3.94. The summed E-state index contributed by atoms with van der Waals surface area (Å²) in [6, 6.07) is 8.37. The van der Waals surface area contributed by atoms with Crippen LogP contribution in [0.25, 0.3) is 0 Å². The van der Waals surface area contributed by atoms with E-state index in [4.69, 9.17) is 18.0 Å². The number of nitrogens with two attached hydrogens (primary N) is 1. The topological polar surface area (TPSA) is 38.0 Å². The second kappa shape index (κ2) is 7.56. The molecule has 4 heteroatoms. The molecule has 0 aliphatic rings. The molecular weight excluding hydrogens is 248 g/mol. The molecule has 0 aliphatic heterocycles. The van der Waals surface area contributed by atoms with Crippen molar-refractivity contribution < 1.29 is 0 Å². The Morgan fingerprint density at radius 3 is 2.82 bits per heavy atom. The third-order valence-corrected chi connectivity index (χ3v) is 3.65. The summed E-state index contributed by atoms with van der Waals surface area (Å²) in [5, 5.41) is 3.47. The van der Waals surface area contributed by atoms with E-state index < -0.39 is 0 Å². The van der Waals surface area contributed by atoms with E-state index in [-0.39, 0.29) is 0 Å². The Bertz CT molecular complexity index is 366. The average molecular weight is 268 g/mol. The fraction of sp³-hybridized carbons (Fsp3) is 0.462. The lowest BCUT2D eigenvalue weighted by atomic mass is 10.1. The van der Waals surface area contributed by atoms with Crippen LogP contribution >= 0.6 is 24.0 Å². The van der Waals surface area contributed by atoms with Crippen molar-refractivity contribution in [3.63, 3.8) is 0 Å². The van der Waals surface area contributed by atoms with Crippen molar-refractivity contribution in [2.75, 3.05) is 16.8 Å². The van der Waals surface area contributed by atoms with Crippen molar-refractivity contribution in [3.8, 4) is 0 Å². The maximum atomic E-state index is 5.70. The van der Waals surface area contributed by atoms with Crippen LogP contribution in [0.3, 0.4) is 0 Å². The molecule has 1 atom stereocenters. The molecule has 0 aliphatic carbocycles. The van der Waals surface area contributed by atoms with Crippen molar-refractivity contribution in [1.82, 2.24) is 0 Å². The minimum atomic E-state index is 0.435. The van der Waals surface area contributed by atoms with Gasteiger partial charge in [-0.2, -0.15) is 11.8 Å². The highest BCUT2D eigenvalue weighted by Crippen LogP contribution is 2.17. The average Bonchev–Trinajstić information content (AvgIpc) is 2.29. The summed E-state index contributed by atoms with van der Waals surface area (Å²) >= 11 is 7.01. The van der Waals surface area contributed by atoms with Crippen molar-refractivity contribution >= 4 is 34.7 Å². The Balaban J connectivity index is 2.58. The summed E-state index contributed by atoms with van der Waals surface area (Å²) in [4.78, 5) is 0.447. The van der Waals surface area contributed by atoms with Crippen LogP contribution in [0.4, 0.5) is 5.69 Å². The van der Waals surface area contributed by atoms with Gasteiger partial charge in [0.05, 0.1) is 0 Å². The molecule has 0 spiro atoms. The zero-order valence-electron chi connectivity index (χ0n) is 10.4. The van der Waals surface area contributed by atoms with E-state index in [1.165, 1.54) is 11.5 Å². The Labute approximate surface area is 113 Å². The highest BCUT2D eigenvalue weighted by molar-refractivity contribution is 7.99. The predicted molar refractivity (Wildman–Crippen MR) is 83.0 cm³/mol. The number of hydrogen-bond acceptors (Lipinski definition) is 3. The predicted octanol–water partition coefficient (Wildman–Crippen LogP) is 3.26. The number of hydrogen-bond donors (Lipinski definition) is 2. The van der Waals surface area contributed by atoms with Crippen LogP contribution in [0.15, 0.2) is 24.3 Å². The van der Waals surface area contributed by atoms with E-state index in [0.29, 0.717) is 11.0 Å². The molecule has 0 saturated heterocycles. The smallest absolute Gasteiger partial charge is 0.106 e. The molecule has 0 radical (unpaired) electrons. The molecular formula is C13H20N2S2. The number of thiocarbonyl (C=S) groups is 1. The van der Waals surface area contributed by atoms with Crippen LogP contribution in [0, 0.1) is 0 Å². The van der Waals surface area contributed by atoms with Crippen LogP contribution < -0.4 is 11.1 Å². The van der Waals surface area contributed by atoms with Gasteiger partial charge in [0.15, 0.2) is 0 Å². The normalized spacial score (nSPS) is 12.1. The van der Waals surface area contributed by atoms with Gasteiger partial charge in [-0.1, -0.05) is 31.3 Å². The lowest BCUT2D eigenvalue weighted by Crippen LogP contribution is -2.20. The van der Waals surface area contributed by atoms with Gasteiger partial charge in [-0.05, 0) is 37.0 Å². The molecule has 1 rings (SSSR count). The first-order valence-electron chi connectivity index (χ1n) is 5.88. The van der Waals surface area contributed by atoms with Crippen LogP contribution in [0.2, 0.25) is 0 Å². The number of benzene rings is 1. The standard InChI is InChI=1S/C13H20N2S2/c1-3-17-9-8-10(2)15-12-7-5-4-6-11(12)13(14)16/h4-7,10,15H,3,8-9H2,1-2H3,(H2,14,16). The van der Waals surface area contributed by atoms with Crippen LogP contribution in [-0.4, -0.2) is 22.5 Å². The van der Waals surface area contributed by atoms with Gasteiger partial charge < -0.3 is 11.1 Å². The quantitative estimate of drug-likeness (QED) is 0.588. The molecule has 0 fully saturated rings. The van der Waals surface area contributed by atoms with Crippen molar-refractivity contribution in [2.45, 2.75) is 26.3 Å². The molecule has 0 aromatic heterocycles. The first-order valence-corrected chi connectivity index (χ1v) is 7.44. The summed E-state index contributed by atoms with van der Waals surface area (Å²) in [5.74, 6) is 2.36. The van der Waals surface area contributed by atoms with E-state index >= 15 is 0 Å². The van der Waals surface area contributed by atoms with Gasteiger partial charge in [0.1, 0.15) is 4.99 Å². The summed E-state index contributed by atoms with van der Waals surface area (Å²) in [5.41, 5.74) is 7.66. The van der Waals surface area contributed by atoms with E-state index in [1.807, 2.05) is 36.0 Å². The molecule has 1 aromatic rings. The Morgan fingerprint density at radius 1 is 1.47 bits per heavy atom. The first kappa shape index (κ1) is 14.3. The molecule has 1 unspecified atom stereocenters. The molecule has 2 nitrogen and oxygen atoms in total. The maximum absolute atomic E-state index is 5.70. The Kier molecular flexibility index (Phi) is 6.37. The second-order valence-corrected chi connectivity index (χ2v) is 5.77. The van der Waals surface area contributed by atoms with E-state index in [1.54, 1.807) is 0 Å². The fourth-order valence-corrected chi connectivity index (χ4v) is 2.55. The first-order chi connectivity index (χ1) is 8.15. The molecule has 0 bridgehead atoms. The largest absolute Gasteiger partial charge is 0.389 e. The summed E-state index contributed by atoms with van der Waals surface area (Å²) in [6.07, 6.45) is 1.14. The Hall–Kier alpha value is -0.740. The monoisotopic (exact) mass is 268 g/mol. The lowest BCUT2D eigenvalue weighted by molar-refractivity contribution is 0.771. The lowest BCUT2D eigenvalue weighted by Gasteiger charge is -2.17. The van der Waals surface area contributed by atoms with Crippen LogP contribution in [0.1, 0.15) is 25.8 Å². The summed E-state index contributed by atoms with van der Waals surface area (Å²) < 4.78 is 0. The van der Waals surface area contributed by atoms with E-state index in [2.05, 4.69) is 19.2 Å². The SMILES string of the molecule is CCSCCC(C)Nc1ccccc1C(N)=S. The van der Waals surface area contributed by atoms with Gasteiger partial charge in [0.2, 0.25) is 0 Å². The fourth-order valence-electron chi connectivity index (χ4n) is 1.57.